The molecule has 0 aromatic heterocycles. The molecule has 0 aliphatic heterocycles. The van der Waals surface area contributed by atoms with Gasteiger partial charge in [0.25, 0.3) is 0 Å². The van der Waals surface area contributed by atoms with Crippen LogP contribution in [0.1, 0.15) is 41.7 Å². The topological polar surface area (TPSA) is 40.5 Å². The monoisotopic (exact) mass is 368 g/mol. The number of benzene rings is 3. The van der Waals surface area contributed by atoms with Gasteiger partial charge < -0.3 is 10.2 Å². The van der Waals surface area contributed by atoms with E-state index in [9.17, 15) is 10.2 Å². The van der Waals surface area contributed by atoms with Gasteiger partial charge in [-0.25, -0.2) is 0 Å². The Bertz CT molecular complexity index is 1070. The van der Waals surface area contributed by atoms with Crippen molar-refractivity contribution in [2.45, 2.75) is 25.9 Å². The average molecular weight is 368 g/mol. The van der Waals surface area contributed by atoms with Crippen LogP contribution >= 0.6 is 0 Å². The summed E-state index contributed by atoms with van der Waals surface area (Å²) in [6.07, 6.45) is 5.18. The standard InChI is InChI=1S/C26H24O2/c1-26(2,28)25-11-7-6-10-22(25)24-16-19(14-18-8-4-3-5-9-18)15-20-12-13-21(27)17-23(20)24/h3-14,16-17,27-28H,15H2,1-2H3/b19-14-. The quantitative estimate of drug-likeness (QED) is 0.623. The third kappa shape index (κ3) is 3.64. The Hall–Kier alpha value is -3.10. The minimum absolute atomic E-state index is 0.251. The molecule has 0 amide bonds. The first kappa shape index (κ1) is 18.3. The van der Waals surface area contributed by atoms with Gasteiger partial charge in [0.05, 0.1) is 5.60 Å². The summed E-state index contributed by atoms with van der Waals surface area (Å²) in [5.41, 5.74) is 6.46. The molecule has 0 bridgehead atoms. The van der Waals surface area contributed by atoms with Gasteiger partial charge in [-0.15, -0.1) is 0 Å². The van der Waals surface area contributed by atoms with Crippen molar-refractivity contribution in [3.8, 4) is 5.75 Å². The summed E-state index contributed by atoms with van der Waals surface area (Å²) in [4.78, 5) is 0. The largest absolute Gasteiger partial charge is 0.508 e. The van der Waals surface area contributed by atoms with E-state index in [0.717, 1.165) is 34.2 Å². The number of aromatic hydroxyl groups is 1. The third-order valence-corrected chi connectivity index (χ3v) is 5.14. The molecule has 0 unspecified atom stereocenters. The molecule has 1 aliphatic carbocycles. The Morgan fingerprint density at radius 3 is 2.32 bits per heavy atom. The molecule has 0 fully saturated rings. The highest BCUT2D eigenvalue weighted by molar-refractivity contribution is 5.88. The van der Waals surface area contributed by atoms with Crippen molar-refractivity contribution in [3.63, 3.8) is 0 Å². The SMILES string of the molecule is CC(C)(O)c1ccccc1C1=C/C(=C\c2ccccc2)Cc2ccc(O)cc21. The number of hydrogen-bond acceptors (Lipinski definition) is 2. The Kier molecular flexibility index (Phi) is 4.66. The minimum atomic E-state index is -0.963. The van der Waals surface area contributed by atoms with Crippen molar-refractivity contribution in [1.82, 2.24) is 0 Å². The lowest BCUT2D eigenvalue weighted by molar-refractivity contribution is 0.0783. The Morgan fingerprint density at radius 2 is 1.57 bits per heavy atom. The molecule has 0 spiro atoms. The van der Waals surface area contributed by atoms with Crippen molar-refractivity contribution >= 4 is 11.6 Å². The van der Waals surface area contributed by atoms with E-state index in [1.165, 1.54) is 11.1 Å². The van der Waals surface area contributed by atoms with Gasteiger partial charge in [0.2, 0.25) is 0 Å². The van der Waals surface area contributed by atoms with Crippen molar-refractivity contribution in [3.05, 3.63) is 112 Å². The fraction of sp³-hybridized carbons (Fsp3) is 0.154. The Morgan fingerprint density at radius 1 is 0.857 bits per heavy atom. The molecule has 140 valence electrons. The summed E-state index contributed by atoms with van der Waals surface area (Å²) in [7, 11) is 0. The summed E-state index contributed by atoms with van der Waals surface area (Å²) in [6.45, 7) is 3.61. The second-order valence-corrected chi connectivity index (χ2v) is 7.81. The lowest BCUT2D eigenvalue weighted by Crippen LogP contribution is -2.18. The van der Waals surface area contributed by atoms with Crippen LogP contribution in [0.25, 0.3) is 11.6 Å². The van der Waals surface area contributed by atoms with Crippen LogP contribution in [0, 0.1) is 0 Å². The van der Waals surface area contributed by atoms with E-state index in [2.05, 4.69) is 24.3 Å². The molecule has 4 rings (SSSR count). The number of hydrogen-bond donors (Lipinski definition) is 2. The first-order valence-corrected chi connectivity index (χ1v) is 9.54. The predicted octanol–water partition coefficient (Wildman–Crippen LogP) is 5.69. The molecule has 0 saturated carbocycles. The normalized spacial score (nSPS) is 15.2. The molecular formula is C26H24O2. The lowest BCUT2D eigenvalue weighted by atomic mass is 9.80. The van der Waals surface area contributed by atoms with Crippen LogP contribution < -0.4 is 0 Å². The number of rotatable bonds is 3. The highest BCUT2D eigenvalue weighted by Gasteiger charge is 2.25. The fourth-order valence-corrected chi connectivity index (χ4v) is 3.83. The first-order valence-electron chi connectivity index (χ1n) is 9.54. The Labute approximate surface area is 166 Å². The van der Waals surface area contributed by atoms with Gasteiger partial charge >= 0.3 is 0 Å². The van der Waals surface area contributed by atoms with Gasteiger partial charge in [-0.05, 0) is 71.4 Å². The molecule has 0 heterocycles. The summed E-state index contributed by atoms with van der Waals surface area (Å²) < 4.78 is 0. The van der Waals surface area contributed by atoms with Crippen LogP contribution in [0.3, 0.4) is 0 Å². The molecule has 3 aromatic carbocycles. The van der Waals surface area contributed by atoms with E-state index in [0.29, 0.717) is 0 Å². The van der Waals surface area contributed by atoms with Crippen LogP contribution in [-0.4, -0.2) is 10.2 Å². The van der Waals surface area contributed by atoms with E-state index in [4.69, 9.17) is 0 Å². The second-order valence-electron chi connectivity index (χ2n) is 7.81. The molecule has 2 heteroatoms. The molecule has 2 N–H and O–H groups in total. The average Bonchev–Trinajstić information content (AvgIpc) is 2.68. The number of phenols is 1. The molecule has 3 aromatic rings. The van der Waals surface area contributed by atoms with Crippen LogP contribution in [0.15, 0.2) is 84.4 Å². The maximum Gasteiger partial charge on any atom is 0.116 e. The molecule has 1 aliphatic rings. The second kappa shape index (κ2) is 7.14. The number of aliphatic hydroxyl groups is 1. The molecule has 2 nitrogen and oxygen atoms in total. The summed E-state index contributed by atoms with van der Waals surface area (Å²) >= 11 is 0. The molecule has 28 heavy (non-hydrogen) atoms. The van der Waals surface area contributed by atoms with Crippen molar-refractivity contribution < 1.29 is 10.2 Å². The number of fused-ring (bicyclic) bond motifs is 1. The van der Waals surface area contributed by atoms with Crippen molar-refractivity contribution in [1.29, 1.82) is 0 Å². The molecular weight excluding hydrogens is 344 g/mol. The number of phenolic OH excluding ortho intramolecular Hbond substituents is 1. The van der Waals surface area contributed by atoms with Crippen LogP contribution in [0.2, 0.25) is 0 Å². The minimum Gasteiger partial charge on any atom is -0.508 e. The van der Waals surface area contributed by atoms with E-state index < -0.39 is 5.60 Å². The van der Waals surface area contributed by atoms with E-state index in [-0.39, 0.29) is 5.75 Å². The Balaban J connectivity index is 1.93. The number of allylic oxidation sites excluding steroid dienone is 2. The maximum atomic E-state index is 10.7. The van der Waals surface area contributed by atoms with E-state index in [1.807, 2.05) is 54.6 Å². The van der Waals surface area contributed by atoms with Gasteiger partial charge in [0.1, 0.15) is 5.75 Å². The highest BCUT2D eigenvalue weighted by atomic mass is 16.3. The van der Waals surface area contributed by atoms with Gasteiger partial charge in [0, 0.05) is 0 Å². The van der Waals surface area contributed by atoms with Crippen LogP contribution in [0.5, 0.6) is 5.75 Å². The smallest absolute Gasteiger partial charge is 0.116 e. The predicted molar refractivity (Wildman–Crippen MR) is 115 cm³/mol. The van der Waals surface area contributed by atoms with Gasteiger partial charge in [-0.3, -0.25) is 0 Å². The van der Waals surface area contributed by atoms with E-state index >= 15 is 0 Å². The fourth-order valence-electron chi connectivity index (χ4n) is 3.83. The maximum absolute atomic E-state index is 10.7. The summed E-state index contributed by atoms with van der Waals surface area (Å²) in [5, 5.41) is 20.8. The van der Waals surface area contributed by atoms with E-state index in [1.54, 1.807) is 19.9 Å². The summed E-state index contributed by atoms with van der Waals surface area (Å²) in [6, 6.07) is 23.8. The molecule has 0 radical (unpaired) electrons. The zero-order valence-electron chi connectivity index (χ0n) is 16.2. The van der Waals surface area contributed by atoms with Gasteiger partial charge in [-0.2, -0.15) is 0 Å². The summed E-state index contributed by atoms with van der Waals surface area (Å²) in [5.74, 6) is 0.251. The lowest BCUT2D eigenvalue weighted by Gasteiger charge is -2.26. The van der Waals surface area contributed by atoms with Crippen molar-refractivity contribution in [2.24, 2.45) is 0 Å². The zero-order chi connectivity index (χ0) is 19.7. The van der Waals surface area contributed by atoms with Gasteiger partial charge in [-0.1, -0.05) is 72.8 Å². The third-order valence-electron chi connectivity index (χ3n) is 5.14. The van der Waals surface area contributed by atoms with Gasteiger partial charge in [0.15, 0.2) is 0 Å². The molecule has 0 atom stereocenters. The highest BCUT2D eigenvalue weighted by Crippen LogP contribution is 2.39. The van der Waals surface area contributed by atoms with Crippen LogP contribution in [-0.2, 0) is 12.0 Å². The molecule has 0 saturated heterocycles. The van der Waals surface area contributed by atoms with Crippen molar-refractivity contribution in [2.75, 3.05) is 0 Å². The zero-order valence-corrected chi connectivity index (χ0v) is 16.2. The first-order chi connectivity index (χ1) is 13.4. The van der Waals surface area contributed by atoms with Crippen LogP contribution in [0.4, 0.5) is 0 Å².